The van der Waals surface area contributed by atoms with Crippen LogP contribution in [0.15, 0.2) is 66.3 Å². The van der Waals surface area contributed by atoms with Gasteiger partial charge in [0.2, 0.25) is 5.95 Å². The Kier molecular flexibility index (Phi) is 6.30. The highest BCUT2D eigenvalue weighted by Crippen LogP contribution is 2.27. The van der Waals surface area contributed by atoms with E-state index >= 15 is 0 Å². The average Bonchev–Trinajstić information content (AvgIpc) is 3.60. The van der Waals surface area contributed by atoms with Crippen LogP contribution in [0.4, 0.5) is 10.3 Å². The molecule has 1 aromatic carbocycles. The quantitative estimate of drug-likeness (QED) is 0.244. The van der Waals surface area contributed by atoms with E-state index in [1.54, 1.807) is 30.7 Å². The highest BCUT2D eigenvalue weighted by Gasteiger charge is 2.27. The monoisotopic (exact) mass is 486 g/mol. The first kappa shape index (κ1) is 23.4. The van der Waals surface area contributed by atoms with E-state index in [0.717, 1.165) is 34.3 Å². The molecular weight excluding hydrogens is 459 g/mol. The SMILES string of the molecule is C[C@](N)(c1ccc(F)cc1)c1cnc(N2CCN(/C(=N/C=N)c3cc(-c4cn[nH]c4)c[nH]3)CC2)nc1. The van der Waals surface area contributed by atoms with Crippen LogP contribution in [0.25, 0.3) is 11.1 Å². The number of benzene rings is 1. The fourth-order valence-electron chi connectivity index (χ4n) is 4.32. The largest absolute Gasteiger partial charge is 0.358 e. The molecule has 1 atom stereocenters. The Hall–Kier alpha value is -4.38. The molecule has 1 fully saturated rings. The molecule has 0 unspecified atom stereocenters. The Morgan fingerprint density at radius 1 is 1.06 bits per heavy atom. The van der Waals surface area contributed by atoms with Crippen LogP contribution in [-0.4, -0.2) is 68.4 Å². The number of amidine groups is 1. The summed E-state index contributed by atoms with van der Waals surface area (Å²) in [5.41, 5.74) is 10.0. The summed E-state index contributed by atoms with van der Waals surface area (Å²) in [7, 11) is 0. The Bertz CT molecular complexity index is 1330. The Balaban J connectivity index is 1.26. The molecule has 4 aromatic rings. The van der Waals surface area contributed by atoms with Gasteiger partial charge in [-0.2, -0.15) is 5.10 Å². The predicted molar refractivity (Wildman–Crippen MR) is 137 cm³/mol. The number of halogens is 1. The third kappa shape index (κ3) is 4.60. The van der Waals surface area contributed by atoms with Gasteiger partial charge >= 0.3 is 0 Å². The lowest BCUT2D eigenvalue weighted by Crippen LogP contribution is -2.49. The van der Waals surface area contributed by atoms with E-state index in [-0.39, 0.29) is 5.82 Å². The molecule has 0 amide bonds. The first-order valence-electron chi connectivity index (χ1n) is 11.6. The van der Waals surface area contributed by atoms with Crippen LogP contribution in [-0.2, 0) is 5.54 Å². The first-order chi connectivity index (χ1) is 17.5. The number of nitrogens with two attached hydrogens (primary N) is 1. The van der Waals surface area contributed by atoms with Crippen LogP contribution in [0, 0.1) is 11.2 Å². The van der Waals surface area contributed by atoms with E-state index in [0.29, 0.717) is 38.0 Å². The normalized spacial score (nSPS) is 16.1. The molecule has 0 bridgehead atoms. The molecule has 5 N–H and O–H groups in total. The zero-order valence-electron chi connectivity index (χ0n) is 19.8. The average molecular weight is 487 g/mol. The molecule has 1 aliphatic rings. The predicted octanol–water partition coefficient (Wildman–Crippen LogP) is 2.73. The number of aromatic amines is 2. The van der Waals surface area contributed by atoms with Gasteiger partial charge in [0.1, 0.15) is 12.2 Å². The number of hydrogen-bond donors (Lipinski definition) is 4. The van der Waals surface area contributed by atoms with Crippen molar-refractivity contribution in [2.45, 2.75) is 12.5 Å². The Morgan fingerprint density at radius 3 is 2.42 bits per heavy atom. The number of aromatic nitrogens is 5. The van der Waals surface area contributed by atoms with Crippen LogP contribution < -0.4 is 10.6 Å². The van der Waals surface area contributed by atoms with Crippen LogP contribution in [0.5, 0.6) is 0 Å². The zero-order valence-corrected chi connectivity index (χ0v) is 19.8. The molecule has 11 heteroatoms. The Labute approximate surface area is 207 Å². The van der Waals surface area contributed by atoms with Crippen molar-refractivity contribution in [3.63, 3.8) is 0 Å². The summed E-state index contributed by atoms with van der Waals surface area (Å²) < 4.78 is 13.3. The molecule has 0 spiro atoms. The lowest BCUT2D eigenvalue weighted by atomic mass is 9.87. The van der Waals surface area contributed by atoms with Gasteiger partial charge < -0.3 is 20.5 Å². The zero-order chi connectivity index (χ0) is 25.1. The van der Waals surface area contributed by atoms with Crippen LogP contribution in [0.1, 0.15) is 23.7 Å². The fourth-order valence-corrected chi connectivity index (χ4v) is 4.32. The maximum Gasteiger partial charge on any atom is 0.225 e. The third-order valence-corrected chi connectivity index (χ3v) is 6.49. The molecule has 1 saturated heterocycles. The molecule has 3 aromatic heterocycles. The lowest BCUT2D eigenvalue weighted by Gasteiger charge is -2.36. The van der Waals surface area contributed by atoms with Gasteiger partial charge in [-0.1, -0.05) is 12.1 Å². The van der Waals surface area contributed by atoms with Crippen molar-refractivity contribution in [2.24, 2.45) is 10.7 Å². The van der Waals surface area contributed by atoms with Crippen molar-refractivity contribution in [1.82, 2.24) is 30.0 Å². The van der Waals surface area contributed by atoms with Crippen molar-refractivity contribution >= 4 is 18.1 Å². The van der Waals surface area contributed by atoms with Gasteiger partial charge in [0.05, 0.1) is 17.4 Å². The maximum atomic E-state index is 13.3. The molecule has 0 aliphatic carbocycles. The Morgan fingerprint density at radius 2 is 1.78 bits per heavy atom. The minimum absolute atomic E-state index is 0.302. The van der Waals surface area contributed by atoms with Crippen molar-refractivity contribution in [3.05, 3.63) is 84.0 Å². The number of piperazine rings is 1. The van der Waals surface area contributed by atoms with Crippen molar-refractivity contribution < 1.29 is 4.39 Å². The van der Waals surface area contributed by atoms with E-state index < -0.39 is 5.54 Å². The summed E-state index contributed by atoms with van der Waals surface area (Å²) >= 11 is 0. The lowest BCUT2D eigenvalue weighted by molar-refractivity contribution is 0.383. The van der Waals surface area contributed by atoms with Crippen LogP contribution >= 0.6 is 0 Å². The summed E-state index contributed by atoms with van der Waals surface area (Å²) in [6.45, 7) is 4.65. The first-order valence-corrected chi connectivity index (χ1v) is 11.6. The van der Waals surface area contributed by atoms with E-state index in [1.807, 2.05) is 25.4 Å². The molecule has 10 nitrogen and oxygen atoms in total. The summed E-state index contributed by atoms with van der Waals surface area (Å²) in [6, 6.07) is 8.16. The second-order valence-electron chi connectivity index (χ2n) is 8.83. The number of rotatable bonds is 6. The van der Waals surface area contributed by atoms with Gasteiger partial charge in [0.15, 0.2) is 5.84 Å². The second-order valence-corrected chi connectivity index (χ2v) is 8.83. The number of nitrogens with zero attached hydrogens (tertiary/aromatic N) is 6. The van der Waals surface area contributed by atoms with Crippen molar-refractivity contribution in [2.75, 3.05) is 31.1 Å². The van der Waals surface area contributed by atoms with E-state index in [1.165, 1.54) is 12.1 Å². The summed E-state index contributed by atoms with van der Waals surface area (Å²) in [5, 5.41) is 14.4. The van der Waals surface area contributed by atoms with Crippen molar-refractivity contribution in [3.8, 4) is 11.1 Å². The molecule has 0 radical (unpaired) electrons. The van der Waals surface area contributed by atoms with Gasteiger partial charge in [-0.25, -0.2) is 19.4 Å². The number of aliphatic imine (C=N–C) groups is 1. The highest BCUT2D eigenvalue weighted by molar-refractivity contribution is 6.01. The van der Waals surface area contributed by atoms with E-state index in [2.05, 4.69) is 39.9 Å². The summed E-state index contributed by atoms with van der Waals surface area (Å²) in [5.74, 6) is 1.04. The number of nitrogens with one attached hydrogen (secondary N) is 3. The van der Waals surface area contributed by atoms with Gasteiger partial charge in [-0.3, -0.25) is 10.5 Å². The minimum atomic E-state index is -0.839. The number of anilines is 1. The standard InChI is InChI=1S/C25H27FN10/c1-25(28,19-2-4-21(26)5-3-19)20-14-30-24(31-15-20)36-8-6-35(7-9-36)23(32-16-27)22-10-17(11-29-22)18-12-33-34-13-18/h2-5,10-16,27,29H,6-9,28H2,1H3,(H,33,34)/b27-16?,32-23+/t25-/m0/s1. The van der Waals surface area contributed by atoms with E-state index in [4.69, 9.17) is 11.1 Å². The smallest absolute Gasteiger partial charge is 0.225 e. The van der Waals surface area contributed by atoms with Gasteiger partial charge in [-0.15, -0.1) is 0 Å². The second kappa shape index (κ2) is 9.70. The number of hydrogen-bond acceptors (Lipinski definition) is 6. The van der Waals surface area contributed by atoms with Crippen molar-refractivity contribution in [1.29, 1.82) is 5.41 Å². The molecule has 1 aliphatic heterocycles. The molecule has 0 saturated carbocycles. The maximum absolute atomic E-state index is 13.3. The molecular formula is C25H27FN10. The van der Waals surface area contributed by atoms with E-state index in [9.17, 15) is 4.39 Å². The molecule has 4 heterocycles. The molecule has 36 heavy (non-hydrogen) atoms. The minimum Gasteiger partial charge on any atom is -0.358 e. The van der Waals surface area contributed by atoms with Gasteiger partial charge in [-0.05, 0) is 30.7 Å². The third-order valence-electron chi connectivity index (χ3n) is 6.49. The van der Waals surface area contributed by atoms with Gasteiger partial charge in [0.25, 0.3) is 0 Å². The number of H-pyrrole nitrogens is 2. The summed E-state index contributed by atoms with van der Waals surface area (Å²) in [4.78, 5) is 21.0. The highest BCUT2D eigenvalue weighted by atomic mass is 19.1. The van der Waals surface area contributed by atoms with Crippen LogP contribution in [0.2, 0.25) is 0 Å². The van der Waals surface area contributed by atoms with Gasteiger partial charge in [0, 0.05) is 67.7 Å². The molecule has 184 valence electrons. The topological polar surface area (TPSA) is 139 Å². The summed E-state index contributed by atoms with van der Waals surface area (Å²) in [6.07, 6.45) is 10.0. The molecule has 5 rings (SSSR count). The van der Waals surface area contributed by atoms with Crippen LogP contribution in [0.3, 0.4) is 0 Å². The fraction of sp³-hybridized carbons (Fsp3) is 0.240.